The monoisotopic (exact) mass is 325 g/mol. The zero-order valence-corrected chi connectivity index (χ0v) is 15.0. The number of benzene rings is 2. The average molecular weight is 325 g/mol. The van der Waals surface area contributed by atoms with Gasteiger partial charge in [-0.3, -0.25) is 4.99 Å². The predicted molar refractivity (Wildman–Crippen MR) is 101 cm³/mol. The molecule has 2 aromatic carbocycles. The molecule has 0 bridgehead atoms. The molecule has 0 radical (unpaired) electrons. The summed E-state index contributed by atoms with van der Waals surface area (Å²) >= 11 is 0. The van der Waals surface area contributed by atoms with Gasteiger partial charge in [-0.05, 0) is 36.1 Å². The van der Waals surface area contributed by atoms with Gasteiger partial charge in [0, 0.05) is 20.1 Å². The minimum atomic E-state index is 0.421. The number of guanidine groups is 1. The molecule has 1 unspecified atom stereocenters. The summed E-state index contributed by atoms with van der Waals surface area (Å²) in [5, 5.41) is 6.73. The maximum atomic E-state index is 5.17. The van der Waals surface area contributed by atoms with Crippen LogP contribution in [0, 0.1) is 6.92 Å². The van der Waals surface area contributed by atoms with Gasteiger partial charge in [0.15, 0.2) is 5.96 Å². The van der Waals surface area contributed by atoms with E-state index >= 15 is 0 Å². The Labute approximate surface area is 145 Å². The second kappa shape index (κ2) is 8.96. The lowest BCUT2D eigenvalue weighted by atomic mass is 10.0. The van der Waals surface area contributed by atoms with Gasteiger partial charge in [0.05, 0.1) is 7.11 Å². The van der Waals surface area contributed by atoms with E-state index in [1.165, 1.54) is 16.7 Å². The first-order valence-corrected chi connectivity index (χ1v) is 8.26. The van der Waals surface area contributed by atoms with Crippen molar-refractivity contribution < 1.29 is 4.74 Å². The Morgan fingerprint density at radius 2 is 1.71 bits per heavy atom. The summed E-state index contributed by atoms with van der Waals surface area (Å²) in [4.78, 5) is 4.29. The van der Waals surface area contributed by atoms with Crippen molar-refractivity contribution in [1.82, 2.24) is 10.6 Å². The summed E-state index contributed by atoms with van der Waals surface area (Å²) in [6.45, 7) is 5.89. The molecule has 2 N–H and O–H groups in total. The fourth-order valence-electron chi connectivity index (χ4n) is 2.41. The van der Waals surface area contributed by atoms with Gasteiger partial charge in [0.1, 0.15) is 5.75 Å². The van der Waals surface area contributed by atoms with Crippen molar-refractivity contribution in [2.24, 2.45) is 4.99 Å². The first kappa shape index (κ1) is 17.9. The summed E-state index contributed by atoms with van der Waals surface area (Å²) in [5.41, 5.74) is 3.81. The standard InChI is InChI=1S/C20H27N3O/c1-15-5-9-18(10-6-15)16(2)13-22-20(21-3)23-14-17-7-11-19(24-4)12-8-17/h5-12,16H,13-14H2,1-4H3,(H2,21,22,23). The minimum Gasteiger partial charge on any atom is -0.497 e. The van der Waals surface area contributed by atoms with Gasteiger partial charge in [0.25, 0.3) is 0 Å². The van der Waals surface area contributed by atoms with E-state index in [0.717, 1.165) is 24.8 Å². The molecule has 2 aromatic rings. The highest BCUT2D eigenvalue weighted by molar-refractivity contribution is 5.79. The van der Waals surface area contributed by atoms with E-state index in [1.54, 1.807) is 14.2 Å². The fourth-order valence-corrected chi connectivity index (χ4v) is 2.41. The van der Waals surface area contributed by atoms with E-state index in [2.05, 4.69) is 53.7 Å². The molecule has 24 heavy (non-hydrogen) atoms. The number of ether oxygens (including phenoxy) is 1. The largest absolute Gasteiger partial charge is 0.497 e. The Kier molecular flexibility index (Phi) is 6.67. The second-order valence-corrected chi connectivity index (χ2v) is 5.97. The number of methoxy groups -OCH3 is 1. The molecule has 0 saturated heterocycles. The number of aryl methyl sites for hydroxylation is 1. The highest BCUT2D eigenvalue weighted by atomic mass is 16.5. The second-order valence-electron chi connectivity index (χ2n) is 5.97. The number of nitrogens with zero attached hydrogens (tertiary/aromatic N) is 1. The Morgan fingerprint density at radius 3 is 2.29 bits per heavy atom. The molecule has 0 aromatic heterocycles. The third-order valence-corrected chi connectivity index (χ3v) is 4.06. The van der Waals surface area contributed by atoms with E-state index in [9.17, 15) is 0 Å². The molecule has 0 aliphatic heterocycles. The third-order valence-electron chi connectivity index (χ3n) is 4.06. The molecule has 0 amide bonds. The molecular formula is C20H27N3O. The Bertz CT molecular complexity index is 648. The fraction of sp³-hybridized carbons (Fsp3) is 0.350. The Hall–Kier alpha value is -2.49. The lowest BCUT2D eigenvalue weighted by Gasteiger charge is -2.16. The van der Waals surface area contributed by atoms with Crippen LogP contribution in [0.5, 0.6) is 5.75 Å². The van der Waals surface area contributed by atoms with Crippen molar-refractivity contribution in [1.29, 1.82) is 0 Å². The maximum absolute atomic E-state index is 5.17. The normalized spacial score (nSPS) is 12.6. The van der Waals surface area contributed by atoms with E-state index < -0.39 is 0 Å². The summed E-state index contributed by atoms with van der Waals surface area (Å²) < 4.78 is 5.17. The van der Waals surface area contributed by atoms with Crippen LogP contribution in [0.2, 0.25) is 0 Å². The van der Waals surface area contributed by atoms with Gasteiger partial charge in [-0.25, -0.2) is 0 Å². The number of nitrogens with one attached hydrogen (secondary N) is 2. The minimum absolute atomic E-state index is 0.421. The van der Waals surface area contributed by atoms with Gasteiger partial charge in [-0.1, -0.05) is 48.9 Å². The molecule has 0 aliphatic rings. The van der Waals surface area contributed by atoms with Crippen LogP contribution >= 0.6 is 0 Å². The van der Waals surface area contributed by atoms with Crippen molar-refractivity contribution in [2.45, 2.75) is 26.3 Å². The first-order chi connectivity index (χ1) is 11.6. The van der Waals surface area contributed by atoms with Crippen LogP contribution in [0.4, 0.5) is 0 Å². The van der Waals surface area contributed by atoms with Gasteiger partial charge in [-0.2, -0.15) is 0 Å². The molecule has 4 heteroatoms. The van der Waals surface area contributed by atoms with Crippen LogP contribution in [-0.2, 0) is 6.54 Å². The lowest BCUT2D eigenvalue weighted by Crippen LogP contribution is -2.38. The summed E-state index contributed by atoms with van der Waals surface area (Å²) in [7, 11) is 3.47. The van der Waals surface area contributed by atoms with E-state index in [-0.39, 0.29) is 0 Å². The van der Waals surface area contributed by atoms with Gasteiger partial charge < -0.3 is 15.4 Å². The molecule has 2 rings (SSSR count). The lowest BCUT2D eigenvalue weighted by molar-refractivity contribution is 0.414. The van der Waals surface area contributed by atoms with Crippen LogP contribution in [0.25, 0.3) is 0 Å². The van der Waals surface area contributed by atoms with Crippen LogP contribution in [0.1, 0.15) is 29.5 Å². The van der Waals surface area contributed by atoms with Gasteiger partial charge in [0.2, 0.25) is 0 Å². The zero-order chi connectivity index (χ0) is 17.4. The third kappa shape index (κ3) is 5.30. The SMILES string of the molecule is CN=C(NCc1ccc(OC)cc1)NCC(C)c1ccc(C)cc1. The molecule has 0 heterocycles. The number of hydrogen-bond donors (Lipinski definition) is 2. The Morgan fingerprint density at radius 1 is 1.04 bits per heavy atom. The molecule has 1 atom stereocenters. The van der Waals surface area contributed by atoms with Crippen molar-refractivity contribution >= 4 is 5.96 Å². The highest BCUT2D eigenvalue weighted by Gasteiger charge is 2.06. The Balaban J connectivity index is 1.82. The predicted octanol–water partition coefficient (Wildman–Crippen LogP) is 3.47. The summed E-state index contributed by atoms with van der Waals surface area (Å²) in [6, 6.07) is 16.7. The molecule has 0 spiro atoms. The van der Waals surface area contributed by atoms with Crippen LogP contribution in [0.15, 0.2) is 53.5 Å². The van der Waals surface area contributed by atoms with Crippen molar-refractivity contribution in [3.05, 3.63) is 65.2 Å². The topological polar surface area (TPSA) is 45.7 Å². The van der Waals surface area contributed by atoms with E-state index in [4.69, 9.17) is 4.74 Å². The molecule has 0 fully saturated rings. The highest BCUT2D eigenvalue weighted by Crippen LogP contribution is 2.14. The zero-order valence-electron chi connectivity index (χ0n) is 15.0. The van der Waals surface area contributed by atoms with Crippen molar-refractivity contribution in [3.8, 4) is 5.75 Å². The van der Waals surface area contributed by atoms with E-state index in [1.807, 2.05) is 24.3 Å². The molecule has 128 valence electrons. The molecule has 0 aliphatic carbocycles. The summed E-state index contributed by atoms with van der Waals surface area (Å²) in [6.07, 6.45) is 0. The van der Waals surface area contributed by atoms with E-state index in [0.29, 0.717) is 5.92 Å². The molecular weight excluding hydrogens is 298 g/mol. The van der Waals surface area contributed by atoms with Crippen molar-refractivity contribution in [3.63, 3.8) is 0 Å². The smallest absolute Gasteiger partial charge is 0.191 e. The summed E-state index contributed by atoms with van der Waals surface area (Å²) in [5.74, 6) is 2.10. The number of aliphatic imine (C=N–C) groups is 1. The maximum Gasteiger partial charge on any atom is 0.191 e. The van der Waals surface area contributed by atoms with Crippen LogP contribution in [0.3, 0.4) is 0 Å². The van der Waals surface area contributed by atoms with Gasteiger partial charge >= 0.3 is 0 Å². The number of rotatable bonds is 6. The quantitative estimate of drug-likeness (QED) is 0.631. The first-order valence-electron chi connectivity index (χ1n) is 8.26. The van der Waals surface area contributed by atoms with Crippen molar-refractivity contribution in [2.75, 3.05) is 20.7 Å². The molecule has 0 saturated carbocycles. The number of hydrogen-bond acceptors (Lipinski definition) is 2. The average Bonchev–Trinajstić information content (AvgIpc) is 2.62. The van der Waals surface area contributed by atoms with Crippen LogP contribution in [-0.4, -0.2) is 26.7 Å². The molecule has 4 nitrogen and oxygen atoms in total. The van der Waals surface area contributed by atoms with Crippen LogP contribution < -0.4 is 15.4 Å². The van der Waals surface area contributed by atoms with Gasteiger partial charge in [-0.15, -0.1) is 0 Å².